The molecule has 0 aliphatic carbocycles. The van der Waals surface area contributed by atoms with Crippen molar-refractivity contribution in [3.63, 3.8) is 0 Å². The van der Waals surface area contributed by atoms with Crippen LogP contribution in [-0.2, 0) is 4.74 Å². The van der Waals surface area contributed by atoms with Gasteiger partial charge in [0.15, 0.2) is 0 Å². The first-order chi connectivity index (χ1) is 6.81. The molecule has 0 bridgehead atoms. The zero-order valence-electron chi connectivity index (χ0n) is 7.86. The third-order valence-corrected chi connectivity index (χ3v) is 2.11. The summed E-state index contributed by atoms with van der Waals surface area (Å²) in [6.07, 6.45) is 2.72. The Hall–Kier alpha value is -1.40. The molecule has 0 saturated carbocycles. The first-order valence-electron chi connectivity index (χ1n) is 4.40. The highest BCUT2D eigenvalue weighted by Gasteiger charge is 2.18. The van der Waals surface area contributed by atoms with E-state index in [-0.39, 0.29) is 6.17 Å². The van der Waals surface area contributed by atoms with Gasteiger partial charge in [0.25, 0.3) is 0 Å². The van der Waals surface area contributed by atoms with Gasteiger partial charge >= 0.3 is 6.09 Å². The summed E-state index contributed by atoms with van der Waals surface area (Å²) in [6.45, 7) is 1.82. The molecule has 0 spiro atoms. The van der Waals surface area contributed by atoms with Crippen molar-refractivity contribution in [3.05, 3.63) is 18.2 Å². The average molecular weight is 196 g/mol. The van der Waals surface area contributed by atoms with E-state index in [0.29, 0.717) is 0 Å². The summed E-state index contributed by atoms with van der Waals surface area (Å²) in [6, 6.07) is 0. The van der Waals surface area contributed by atoms with E-state index in [0.717, 1.165) is 18.8 Å². The van der Waals surface area contributed by atoms with Gasteiger partial charge in [-0.2, -0.15) is 0 Å². The van der Waals surface area contributed by atoms with Crippen LogP contribution in [0.4, 0.5) is 4.79 Å². The van der Waals surface area contributed by atoms with Crippen molar-refractivity contribution in [2.24, 2.45) is 0 Å². The minimum absolute atomic E-state index is 0.0425. The van der Waals surface area contributed by atoms with E-state index in [1.54, 1.807) is 6.20 Å². The van der Waals surface area contributed by atoms with Gasteiger partial charge in [-0.3, -0.25) is 10.6 Å². The van der Waals surface area contributed by atoms with Crippen molar-refractivity contribution in [3.8, 4) is 0 Å². The summed E-state index contributed by atoms with van der Waals surface area (Å²) in [5.41, 5.74) is 0.799. The van der Waals surface area contributed by atoms with Crippen molar-refractivity contribution in [1.29, 1.82) is 0 Å². The van der Waals surface area contributed by atoms with Gasteiger partial charge < -0.3 is 4.74 Å². The number of methoxy groups -OCH3 is 1. The number of hydrogen-bond donors (Lipinski definition) is 2. The van der Waals surface area contributed by atoms with Crippen LogP contribution in [-0.4, -0.2) is 35.8 Å². The Morgan fingerprint density at radius 3 is 3.00 bits per heavy atom. The van der Waals surface area contributed by atoms with E-state index in [1.165, 1.54) is 18.0 Å². The van der Waals surface area contributed by atoms with E-state index >= 15 is 0 Å². The van der Waals surface area contributed by atoms with Gasteiger partial charge in [-0.25, -0.2) is 14.3 Å². The number of imidazole rings is 1. The van der Waals surface area contributed by atoms with Gasteiger partial charge in [-0.1, -0.05) is 0 Å². The molecule has 1 aliphatic rings. The van der Waals surface area contributed by atoms with Crippen LogP contribution >= 0.6 is 0 Å². The van der Waals surface area contributed by atoms with Crippen LogP contribution in [0.2, 0.25) is 0 Å². The number of nitrogens with zero attached hydrogens (tertiary/aromatic N) is 2. The maximum Gasteiger partial charge on any atom is 0.418 e. The number of aromatic nitrogens is 2. The normalized spacial score (nSPS) is 17.2. The van der Waals surface area contributed by atoms with Crippen LogP contribution in [0.1, 0.15) is 11.9 Å². The number of carbonyl (C=O) groups excluding carboxylic acids is 1. The van der Waals surface area contributed by atoms with Crippen LogP contribution in [0.3, 0.4) is 0 Å². The molecule has 1 saturated heterocycles. The molecule has 0 aromatic carbocycles. The number of hydrogen-bond acceptors (Lipinski definition) is 5. The lowest BCUT2D eigenvalue weighted by Gasteiger charge is -2.05. The van der Waals surface area contributed by atoms with Gasteiger partial charge in [-0.15, -0.1) is 0 Å². The maximum absolute atomic E-state index is 11.1. The molecule has 0 amide bonds. The average Bonchev–Trinajstić information content (AvgIpc) is 2.86. The zero-order valence-corrected chi connectivity index (χ0v) is 7.86. The number of rotatable bonds is 1. The molecule has 2 heterocycles. The van der Waals surface area contributed by atoms with Gasteiger partial charge in [0.1, 0.15) is 12.5 Å². The van der Waals surface area contributed by atoms with Crippen LogP contribution in [0.15, 0.2) is 12.5 Å². The van der Waals surface area contributed by atoms with Crippen LogP contribution in [0, 0.1) is 0 Å². The van der Waals surface area contributed by atoms with Gasteiger partial charge in [-0.05, 0) is 0 Å². The molecule has 6 heteroatoms. The topological polar surface area (TPSA) is 68.2 Å². The first kappa shape index (κ1) is 9.17. The quantitative estimate of drug-likeness (QED) is 0.644. The van der Waals surface area contributed by atoms with Crippen molar-refractivity contribution in [2.75, 3.05) is 20.2 Å². The number of carbonyl (C=O) groups is 1. The number of ether oxygens (including phenoxy) is 1. The predicted octanol–water partition coefficient (Wildman–Crippen LogP) is -0.311. The minimum Gasteiger partial charge on any atom is -0.452 e. The SMILES string of the molecule is COC(=O)n1cnc(C2NCCN2)c1. The Kier molecular flexibility index (Phi) is 2.47. The Bertz CT molecular complexity index is 330. The molecule has 76 valence electrons. The summed E-state index contributed by atoms with van der Waals surface area (Å²) in [5, 5.41) is 6.41. The Labute approximate surface area is 81.3 Å². The van der Waals surface area contributed by atoms with Crippen molar-refractivity contribution in [1.82, 2.24) is 20.2 Å². The Balaban J connectivity index is 2.12. The summed E-state index contributed by atoms with van der Waals surface area (Å²) in [5.74, 6) is 0. The maximum atomic E-state index is 11.1. The molecule has 1 aromatic rings. The largest absolute Gasteiger partial charge is 0.452 e. The van der Waals surface area contributed by atoms with Crippen LogP contribution in [0.25, 0.3) is 0 Å². The second-order valence-electron chi connectivity index (χ2n) is 3.02. The zero-order chi connectivity index (χ0) is 9.97. The van der Waals surface area contributed by atoms with Crippen molar-refractivity contribution in [2.45, 2.75) is 6.17 Å². The minimum atomic E-state index is -0.429. The fourth-order valence-electron chi connectivity index (χ4n) is 1.41. The summed E-state index contributed by atoms with van der Waals surface area (Å²) in [7, 11) is 1.34. The lowest BCUT2D eigenvalue weighted by Crippen LogP contribution is -2.21. The Morgan fingerprint density at radius 2 is 2.36 bits per heavy atom. The molecular weight excluding hydrogens is 184 g/mol. The molecule has 0 atom stereocenters. The van der Waals surface area contributed by atoms with E-state index in [2.05, 4.69) is 20.4 Å². The van der Waals surface area contributed by atoms with Gasteiger partial charge in [0.2, 0.25) is 0 Å². The van der Waals surface area contributed by atoms with E-state index in [1.807, 2.05) is 0 Å². The highest BCUT2D eigenvalue weighted by atomic mass is 16.5. The molecule has 6 nitrogen and oxygen atoms in total. The molecule has 1 fully saturated rings. The molecule has 0 unspecified atom stereocenters. The summed E-state index contributed by atoms with van der Waals surface area (Å²) >= 11 is 0. The second-order valence-corrected chi connectivity index (χ2v) is 3.02. The monoisotopic (exact) mass is 196 g/mol. The first-order valence-corrected chi connectivity index (χ1v) is 4.40. The Morgan fingerprint density at radius 1 is 1.64 bits per heavy atom. The highest BCUT2D eigenvalue weighted by molar-refractivity contribution is 5.70. The molecule has 2 N–H and O–H groups in total. The molecule has 1 aromatic heterocycles. The lowest BCUT2D eigenvalue weighted by molar-refractivity contribution is 0.172. The molecular formula is C8H12N4O2. The van der Waals surface area contributed by atoms with Gasteiger partial charge in [0.05, 0.1) is 12.8 Å². The number of nitrogens with one attached hydrogen (secondary N) is 2. The highest BCUT2D eigenvalue weighted by Crippen LogP contribution is 2.09. The third kappa shape index (κ3) is 1.61. The smallest absolute Gasteiger partial charge is 0.418 e. The summed E-state index contributed by atoms with van der Waals surface area (Å²) < 4.78 is 5.87. The second kappa shape index (κ2) is 3.77. The summed E-state index contributed by atoms with van der Waals surface area (Å²) in [4.78, 5) is 15.2. The van der Waals surface area contributed by atoms with Crippen molar-refractivity contribution >= 4 is 6.09 Å². The van der Waals surface area contributed by atoms with Gasteiger partial charge in [0, 0.05) is 19.3 Å². The molecule has 14 heavy (non-hydrogen) atoms. The standard InChI is InChI=1S/C8H12N4O2/c1-14-8(13)12-4-6(11-5-12)7-9-2-3-10-7/h4-5,7,9-10H,2-3H2,1H3. The van der Waals surface area contributed by atoms with E-state index < -0.39 is 6.09 Å². The predicted molar refractivity (Wildman–Crippen MR) is 48.8 cm³/mol. The molecule has 2 rings (SSSR count). The van der Waals surface area contributed by atoms with E-state index in [4.69, 9.17) is 0 Å². The fraction of sp³-hybridized carbons (Fsp3) is 0.500. The molecule has 1 aliphatic heterocycles. The fourth-order valence-corrected chi connectivity index (χ4v) is 1.41. The lowest BCUT2D eigenvalue weighted by atomic mass is 10.4. The third-order valence-electron chi connectivity index (χ3n) is 2.11. The van der Waals surface area contributed by atoms with Crippen LogP contribution in [0.5, 0.6) is 0 Å². The van der Waals surface area contributed by atoms with Crippen molar-refractivity contribution < 1.29 is 9.53 Å². The van der Waals surface area contributed by atoms with E-state index in [9.17, 15) is 4.79 Å². The van der Waals surface area contributed by atoms with Crippen LogP contribution < -0.4 is 10.6 Å². The molecule has 0 radical (unpaired) electrons.